The van der Waals surface area contributed by atoms with Crippen LogP contribution in [0.25, 0.3) is 10.2 Å². The Bertz CT molecular complexity index is 1210. The van der Waals surface area contributed by atoms with E-state index in [-0.39, 0.29) is 30.2 Å². The second-order valence-corrected chi connectivity index (χ2v) is 8.95. The summed E-state index contributed by atoms with van der Waals surface area (Å²) in [6.07, 6.45) is 1.73. The van der Waals surface area contributed by atoms with Crippen molar-refractivity contribution >= 4 is 45.1 Å². The molecule has 3 aromatic rings. The molecule has 0 bridgehead atoms. The fourth-order valence-electron chi connectivity index (χ4n) is 3.33. The van der Waals surface area contributed by atoms with Crippen molar-refractivity contribution < 1.29 is 14.0 Å². The smallest absolute Gasteiger partial charge is 0.291 e. The van der Waals surface area contributed by atoms with E-state index in [9.17, 15) is 18.8 Å². The third-order valence-corrected chi connectivity index (χ3v) is 6.70. The van der Waals surface area contributed by atoms with E-state index in [4.69, 9.17) is 0 Å². The first-order valence-corrected chi connectivity index (χ1v) is 11.4. The molecule has 1 aromatic carbocycles. The van der Waals surface area contributed by atoms with Crippen molar-refractivity contribution in [2.24, 2.45) is 5.92 Å². The lowest BCUT2D eigenvalue weighted by Gasteiger charge is -2.17. The van der Waals surface area contributed by atoms with Crippen LogP contribution in [0, 0.1) is 11.7 Å². The number of thioether (sulfide) groups is 1. The van der Waals surface area contributed by atoms with E-state index in [1.54, 1.807) is 34.6 Å². The lowest BCUT2D eigenvalue weighted by molar-refractivity contribution is -0.128. The zero-order valence-corrected chi connectivity index (χ0v) is 18.0. The summed E-state index contributed by atoms with van der Waals surface area (Å²) in [5.74, 6) is -1.01. The molecule has 0 aliphatic carbocycles. The van der Waals surface area contributed by atoms with Gasteiger partial charge in [0.15, 0.2) is 5.16 Å². The number of thiophene rings is 1. The molecule has 0 saturated carbocycles. The molecule has 1 aliphatic heterocycles. The van der Waals surface area contributed by atoms with Gasteiger partial charge in [-0.3, -0.25) is 19.8 Å². The van der Waals surface area contributed by atoms with Crippen LogP contribution in [0.4, 0.5) is 4.39 Å². The zero-order chi connectivity index (χ0) is 22.0. The summed E-state index contributed by atoms with van der Waals surface area (Å²) in [7, 11) is 0. The molecule has 1 aliphatic rings. The van der Waals surface area contributed by atoms with Gasteiger partial charge in [0.05, 0.1) is 11.4 Å². The summed E-state index contributed by atoms with van der Waals surface area (Å²) in [5, 5.41) is 2.13. The molecule has 1 N–H and O–H groups in total. The number of amides is 2. The molecule has 1 atom stereocenters. The Hall–Kier alpha value is -2.98. The fraction of sp³-hybridized carbons (Fsp3) is 0.238. The highest BCUT2D eigenvalue weighted by Gasteiger charge is 2.35. The second kappa shape index (κ2) is 9.03. The molecule has 7 nitrogen and oxygen atoms in total. The number of benzene rings is 1. The third-order valence-electron chi connectivity index (χ3n) is 4.87. The van der Waals surface area contributed by atoms with Crippen molar-refractivity contribution in [3.05, 3.63) is 70.1 Å². The quantitative estimate of drug-likeness (QED) is 0.334. The minimum Gasteiger partial charge on any atom is -0.338 e. The highest BCUT2D eigenvalue weighted by Crippen LogP contribution is 2.23. The molecule has 2 aromatic heterocycles. The first-order valence-electron chi connectivity index (χ1n) is 9.53. The van der Waals surface area contributed by atoms with Gasteiger partial charge in [0, 0.05) is 25.3 Å². The van der Waals surface area contributed by atoms with E-state index in [2.05, 4.69) is 17.0 Å². The number of carbonyl (C=O) groups is 2. The van der Waals surface area contributed by atoms with Crippen molar-refractivity contribution in [1.29, 1.82) is 0 Å². The van der Waals surface area contributed by atoms with Gasteiger partial charge in [-0.1, -0.05) is 30.0 Å². The number of nitrogens with zero attached hydrogens (tertiary/aromatic N) is 3. The maximum Gasteiger partial charge on any atom is 0.291 e. The molecular weight excluding hydrogens is 439 g/mol. The Morgan fingerprint density at radius 1 is 1.32 bits per heavy atom. The van der Waals surface area contributed by atoms with Gasteiger partial charge < -0.3 is 4.90 Å². The highest BCUT2D eigenvalue weighted by molar-refractivity contribution is 7.99. The summed E-state index contributed by atoms with van der Waals surface area (Å²) < 4.78 is 14.7. The molecule has 1 unspecified atom stereocenters. The number of hydrogen-bond donors (Lipinski definition) is 1. The topological polar surface area (TPSA) is 84.3 Å². The number of aromatic nitrogens is 2. The number of fused-ring (bicyclic) bond motifs is 1. The van der Waals surface area contributed by atoms with Crippen LogP contribution in [-0.2, 0) is 16.1 Å². The number of rotatable bonds is 7. The molecule has 31 heavy (non-hydrogen) atoms. The lowest BCUT2D eigenvalue weighted by Crippen LogP contribution is -2.38. The Balaban J connectivity index is 1.51. The van der Waals surface area contributed by atoms with Gasteiger partial charge in [0.25, 0.3) is 5.56 Å². The SMILES string of the molecule is C=CCSc1nc2ccsc2c(=O)n1NC(=O)C1CC(=O)N(Cc2ccc(F)cc2)C1. The summed E-state index contributed by atoms with van der Waals surface area (Å²) in [5.41, 5.74) is 3.65. The summed E-state index contributed by atoms with van der Waals surface area (Å²) in [4.78, 5) is 44.2. The second-order valence-electron chi connectivity index (χ2n) is 7.05. The predicted octanol–water partition coefficient (Wildman–Crippen LogP) is 2.99. The van der Waals surface area contributed by atoms with E-state index < -0.39 is 11.8 Å². The van der Waals surface area contributed by atoms with Gasteiger partial charge >= 0.3 is 0 Å². The summed E-state index contributed by atoms with van der Waals surface area (Å²) in [6.45, 7) is 4.20. The first-order chi connectivity index (χ1) is 15.0. The van der Waals surface area contributed by atoms with Crippen LogP contribution in [-0.4, -0.2) is 38.7 Å². The Labute approximate surface area is 185 Å². The normalized spacial score (nSPS) is 16.1. The van der Waals surface area contributed by atoms with E-state index in [0.717, 1.165) is 10.2 Å². The average molecular weight is 459 g/mol. The van der Waals surface area contributed by atoms with Gasteiger partial charge in [0.1, 0.15) is 10.5 Å². The highest BCUT2D eigenvalue weighted by atomic mass is 32.2. The minimum absolute atomic E-state index is 0.0472. The van der Waals surface area contributed by atoms with E-state index in [0.29, 0.717) is 27.7 Å². The molecular formula is C21H19FN4O3S2. The van der Waals surface area contributed by atoms with Crippen LogP contribution in [0.5, 0.6) is 0 Å². The molecule has 160 valence electrons. The summed E-state index contributed by atoms with van der Waals surface area (Å²) in [6, 6.07) is 7.65. The van der Waals surface area contributed by atoms with Gasteiger partial charge in [0.2, 0.25) is 11.8 Å². The number of nitrogens with one attached hydrogen (secondary N) is 1. The molecule has 0 spiro atoms. The molecule has 0 radical (unpaired) electrons. The van der Waals surface area contributed by atoms with Crippen LogP contribution in [0.1, 0.15) is 12.0 Å². The Morgan fingerprint density at radius 2 is 2.10 bits per heavy atom. The first kappa shape index (κ1) is 21.3. The van der Waals surface area contributed by atoms with Gasteiger partial charge in [-0.15, -0.1) is 17.9 Å². The third kappa shape index (κ3) is 4.54. The Morgan fingerprint density at radius 3 is 2.84 bits per heavy atom. The monoisotopic (exact) mass is 458 g/mol. The van der Waals surface area contributed by atoms with Crippen LogP contribution >= 0.6 is 23.1 Å². The molecule has 4 rings (SSSR count). The lowest BCUT2D eigenvalue weighted by atomic mass is 10.1. The van der Waals surface area contributed by atoms with Gasteiger partial charge in [-0.05, 0) is 29.1 Å². The zero-order valence-electron chi connectivity index (χ0n) is 16.4. The maximum atomic E-state index is 13.1. The summed E-state index contributed by atoms with van der Waals surface area (Å²) >= 11 is 2.54. The van der Waals surface area contributed by atoms with Crippen LogP contribution in [0.15, 0.2) is 58.3 Å². The van der Waals surface area contributed by atoms with E-state index >= 15 is 0 Å². The van der Waals surface area contributed by atoms with Crippen molar-refractivity contribution in [2.45, 2.75) is 18.1 Å². The van der Waals surface area contributed by atoms with Crippen LogP contribution < -0.4 is 11.0 Å². The minimum atomic E-state index is -0.601. The maximum absolute atomic E-state index is 13.1. The molecule has 3 heterocycles. The number of likely N-dealkylation sites (tertiary alicyclic amines) is 1. The van der Waals surface area contributed by atoms with Crippen LogP contribution in [0.2, 0.25) is 0 Å². The standard InChI is InChI=1S/C21H19FN4O3S2/c1-2-8-31-21-23-16-7-9-30-18(16)20(29)26(21)24-19(28)14-10-17(27)25(12-14)11-13-3-5-15(22)6-4-13/h2-7,9,14H,1,8,10-12H2,(H,24,28). The van der Waals surface area contributed by atoms with E-state index in [1.165, 1.54) is 35.2 Å². The van der Waals surface area contributed by atoms with Crippen molar-refractivity contribution in [3.63, 3.8) is 0 Å². The van der Waals surface area contributed by atoms with Gasteiger partial charge in [-0.25, -0.2) is 9.37 Å². The molecule has 10 heteroatoms. The Kier molecular flexibility index (Phi) is 6.19. The average Bonchev–Trinajstić information content (AvgIpc) is 3.37. The number of carbonyl (C=O) groups excluding carboxylic acids is 2. The van der Waals surface area contributed by atoms with Crippen LogP contribution in [0.3, 0.4) is 0 Å². The number of hydrogen-bond acceptors (Lipinski definition) is 6. The molecule has 1 fully saturated rings. The van der Waals surface area contributed by atoms with Crippen molar-refractivity contribution in [2.75, 3.05) is 17.7 Å². The fourth-order valence-corrected chi connectivity index (χ4v) is 4.78. The van der Waals surface area contributed by atoms with Gasteiger partial charge in [-0.2, -0.15) is 4.68 Å². The molecule has 2 amide bonds. The number of halogens is 1. The largest absolute Gasteiger partial charge is 0.338 e. The molecule has 1 saturated heterocycles. The van der Waals surface area contributed by atoms with Crippen molar-refractivity contribution in [3.8, 4) is 0 Å². The van der Waals surface area contributed by atoms with E-state index in [1.807, 2.05) is 0 Å². The van der Waals surface area contributed by atoms with Crippen molar-refractivity contribution in [1.82, 2.24) is 14.6 Å². The predicted molar refractivity (Wildman–Crippen MR) is 119 cm³/mol.